The summed E-state index contributed by atoms with van der Waals surface area (Å²) in [6.45, 7) is 3.07. The first-order chi connectivity index (χ1) is 10.1. The number of benzene rings is 1. The second-order valence-electron chi connectivity index (χ2n) is 5.38. The average molecular weight is 287 g/mol. The number of amides is 1. The molecule has 1 amide bonds. The monoisotopic (exact) mass is 287 g/mol. The summed E-state index contributed by atoms with van der Waals surface area (Å²) in [5.74, 6) is 0.197. The van der Waals surface area contributed by atoms with E-state index in [1.807, 2.05) is 11.5 Å². The maximum atomic E-state index is 11.6. The van der Waals surface area contributed by atoms with E-state index in [-0.39, 0.29) is 17.4 Å². The second kappa shape index (κ2) is 5.20. The highest BCUT2D eigenvalue weighted by Gasteiger charge is 2.29. The van der Waals surface area contributed by atoms with Gasteiger partial charge in [0.1, 0.15) is 5.82 Å². The van der Waals surface area contributed by atoms with Crippen molar-refractivity contribution in [2.24, 2.45) is 5.92 Å². The van der Waals surface area contributed by atoms with Crippen molar-refractivity contribution in [2.75, 3.05) is 6.54 Å². The van der Waals surface area contributed by atoms with E-state index in [1.165, 1.54) is 0 Å². The fourth-order valence-electron chi connectivity index (χ4n) is 2.45. The lowest BCUT2D eigenvalue weighted by Gasteiger charge is -2.08. The minimum Gasteiger partial charge on any atom is -0.478 e. The first-order valence-corrected chi connectivity index (χ1v) is 7.04. The van der Waals surface area contributed by atoms with Gasteiger partial charge in [0.2, 0.25) is 5.91 Å². The predicted molar refractivity (Wildman–Crippen MR) is 77.2 cm³/mol. The van der Waals surface area contributed by atoms with Gasteiger partial charge in [0.15, 0.2) is 0 Å². The van der Waals surface area contributed by atoms with Crippen LogP contribution in [0.25, 0.3) is 11.0 Å². The number of nitrogens with one attached hydrogen (secondary N) is 1. The first-order valence-electron chi connectivity index (χ1n) is 7.04. The van der Waals surface area contributed by atoms with Gasteiger partial charge >= 0.3 is 5.97 Å². The average Bonchev–Trinajstić information content (AvgIpc) is 3.24. The Morgan fingerprint density at radius 1 is 1.43 bits per heavy atom. The molecule has 1 aromatic heterocycles. The number of aryl methyl sites for hydroxylation is 1. The molecule has 6 nitrogen and oxygen atoms in total. The number of carbonyl (C=O) groups excluding carboxylic acids is 1. The van der Waals surface area contributed by atoms with Crippen molar-refractivity contribution in [2.45, 2.75) is 26.3 Å². The van der Waals surface area contributed by atoms with Crippen molar-refractivity contribution in [1.29, 1.82) is 0 Å². The number of aromatic nitrogens is 2. The summed E-state index contributed by atoms with van der Waals surface area (Å²) in [7, 11) is 0. The van der Waals surface area contributed by atoms with Crippen molar-refractivity contribution in [1.82, 2.24) is 14.9 Å². The molecular weight excluding hydrogens is 270 g/mol. The molecule has 110 valence electrons. The number of carboxylic acids is 1. The lowest BCUT2D eigenvalue weighted by Crippen LogP contribution is -2.28. The number of fused-ring (bicyclic) bond motifs is 1. The zero-order valence-corrected chi connectivity index (χ0v) is 11.8. The summed E-state index contributed by atoms with van der Waals surface area (Å²) in [5, 5.41) is 11.9. The van der Waals surface area contributed by atoms with Gasteiger partial charge in [0.05, 0.1) is 16.6 Å². The van der Waals surface area contributed by atoms with E-state index in [4.69, 9.17) is 5.11 Å². The molecule has 1 saturated carbocycles. The third-order valence-electron chi connectivity index (χ3n) is 3.77. The molecule has 21 heavy (non-hydrogen) atoms. The van der Waals surface area contributed by atoms with Crippen LogP contribution in [0.3, 0.4) is 0 Å². The third kappa shape index (κ3) is 2.74. The number of hydrogen-bond acceptors (Lipinski definition) is 3. The van der Waals surface area contributed by atoms with Gasteiger partial charge in [0, 0.05) is 19.0 Å². The predicted octanol–water partition coefficient (Wildman–Crippen LogP) is 1.57. The largest absolute Gasteiger partial charge is 0.478 e. The number of imidazole rings is 1. The molecule has 1 aliphatic carbocycles. The van der Waals surface area contributed by atoms with Gasteiger partial charge in [-0.3, -0.25) is 4.79 Å². The zero-order valence-electron chi connectivity index (χ0n) is 11.8. The van der Waals surface area contributed by atoms with Gasteiger partial charge in [-0.1, -0.05) is 0 Å². The van der Waals surface area contributed by atoms with Gasteiger partial charge in [-0.05, 0) is 38.0 Å². The summed E-state index contributed by atoms with van der Waals surface area (Å²) in [6, 6.07) is 4.91. The van der Waals surface area contributed by atoms with Crippen LogP contribution in [0.2, 0.25) is 0 Å². The number of hydrogen-bond donors (Lipinski definition) is 2. The Kier molecular flexibility index (Phi) is 3.37. The zero-order chi connectivity index (χ0) is 15.0. The van der Waals surface area contributed by atoms with Gasteiger partial charge in [-0.25, -0.2) is 9.78 Å². The smallest absolute Gasteiger partial charge is 0.335 e. The molecule has 2 aromatic rings. The molecule has 0 aliphatic heterocycles. The summed E-state index contributed by atoms with van der Waals surface area (Å²) < 4.78 is 1.99. The van der Waals surface area contributed by atoms with Crippen molar-refractivity contribution in [3.8, 4) is 0 Å². The van der Waals surface area contributed by atoms with Gasteiger partial charge < -0.3 is 15.0 Å². The lowest BCUT2D eigenvalue weighted by molar-refractivity contribution is -0.122. The molecule has 1 aromatic carbocycles. The molecule has 0 radical (unpaired) electrons. The molecule has 3 rings (SSSR count). The highest BCUT2D eigenvalue weighted by molar-refractivity contribution is 5.92. The molecule has 1 aliphatic rings. The van der Waals surface area contributed by atoms with E-state index >= 15 is 0 Å². The summed E-state index contributed by atoms with van der Waals surface area (Å²) in [4.78, 5) is 27.0. The molecule has 0 bridgehead atoms. The molecule has 2 N–H and O–H groups in total. The van der Waals surface area contributed by atoms with Crippen LogP contribution in [0.5, 0.6) is 0 Å². The molecule has 0 atom stereocenters. The maximum Gasteiger partial charge on any atom is 0.335 e. The molecule has 1 heterocycles. The molecular formula is C15H17N3O3. The molecule has 0 unspecified atom stereocenters. The Labute approximate surface area is 121 Å². The van der Waals surface area contributed by atoms with Crippen molar-refractivity contribution in [3.05, 3.63) is 29.6 Å². The standard InChI is InChI=1S/C15H17N3O3/c1-9-17-12-8-11(15(20)21)4-5-13(12)18(9)7-6-16-14(19)10-2-3-10/h4-5,8,10H,2-3,6-7H2,1H3,(H,16,19)(H,20,21). The van der Waals surface area contributed by atoms with Crippen LogP contribution in [0.15, 0.2) is 18.2 Å². The Bertz CT molecular complexity index is 716. The fourth-order valence-corrected chi connectivity index (χ4v) is 2.45. The van der Waals surface area contributed by atoms with E-state index in [0.717, 1.165) is 24.2 Å². The second-order valence-corrected chi connectivity index (χ2v) is 5.38. The number of carbonyl (C=O) groups is 2. The van der Waals surface area contributed by atoms with Crippen LogP contribution in [0.4, 0.5) is 0 Å². The van der Waals surface area contributed by atoms with Gasteiger partial charge in [0.25, 0.3) is 0 Å². The number of nitrogens with zero attached hydrogens (tertiary/aromatic N) is 2. The maximum absolute atomic E-state index is 11.6. The highest BCUT2D eigenvalue weighted by atomic mass is 16.4. The van der Waals surface area contributed by atoms with Gasteiger partial charge in [-0.15, -0.1) is 0 Å². The molecule has 0 spiro atoms. The number of aromatic carboxylic acids is 1. The van der Waals surface area contributed by atoms with E-state index in [2.05, 4.69) is 10.3 Å². The molecule has 0 saturated heterocycles. The van der Waals surface area contributed by atoms with Crippen LogP contribution in [0.1, 0.15) is 29.0 Å². The number of carboxylic acid groups (broad SMARTS) is 1. The van der Waals surface area contributed by atoms with Gasteiger partial charge in [-0.2, -0.15) is 0 Å². The summed E-state index contributed by atoms with van der Waals surface area (Å²) in [5.41, 5.74) is 1.79. The van der Waals surface area contributed by atoms with E-state index in [9.17, 15) is 9.59 Å². The van der Waals surface area contributed by atoms with E-state index in [0.29, 0.717) is 18.6 Å². The topological polar surface area (TPSA) is 84.2 Å². The Morgan fingerprint density at radius 3 is 2.86 bits per heavy atom. The van der Waals surface area contributed by atoms with Crippen molar-refractivity contribution >= 4 is 22.9 Å². The summed E-state index contributed by atoms with van der Waals surface area (Å²) >= 11 is 0. The molecule has 6 heteroatoms. The highest BCUT2D eigenvalue weighted by Crippen LogP contribution is 2.28. The first kappa shape index (κ1) is 13.6. The van der Waals surface area contributed by atoms with Crippen LogP contribution in [-0.2, 0) is 11.3 Å². The lowest BCUT2D eigenvalue weighted by atomic mass is 10.2. The van der Waals surface area contributed by atoms with E-state index < -0.39 is 5.97 Å². The Morgan fingerprint density at radius 2 is 2.19 bits per heavy atom. The SMILES string of the molecule is Cc1nc2cc(C(=O)O)ccc2n1CCNC(=O)C1CC1. The van der Waals surface area contributed by atoms with Crippen LogP contribution in [0, 0.1) is 12.8 Å². The number of rotatable bonds is 5. The molecule has 1 fully saturated rings. The van der Waals surface area contributed by atoms with Crippen LogP contribution in [-0.4, -0.2) is 33.1 Å². The van der Waals surface area contributed by atoms with Crippen LogP contribution >= 0.6 is 0 Å². The Balaban J connectivity index is 1.76. The fraction of sp³-hybridized carbons (Fsp3) is 0.400. The van der Waals surface area contributed by atoms with Crippen LogP contribution < -0.4 is 5.32 Å². The minimum absolute atomic E-state index is 0.130. The van der Waals surface area contributed by atoms with Crippen molar-refractivity contribution in [3.63, 3.8) is 0 Å². The van der Waals surface area contributed by atoms with E-state index in [1.54, 1.807) is 18.2 Å². The normalized spacial score (nSPS) is 14.3. The Hall–Kier alpha value is -2.37. The van der Waals surface area contributed by atoms with Crippen molar-refractivity contribution < 1.29 is 14.7 Å². The summed E-state index contributed by atoms with van der Waals surface area (Å²) in [6.07, 6.45) is 1.99. The third-order valence-corrected chi connectivity index (χ3v) is 3.77. The minimum atomic E-state index is -0.958. The quantitative estimate of drug-likeness (QED) is 0.874.